The molecule has 0 saturated heterocycles. The van der Waals surface area contributed by atoms with E-state index in [2.05, 4.69) is 5.32 Å². The van der Waals surface area contributed by atoms with Gasteiger partial charge < -0.3 is 19.8 Å². The van der Waals surface area contributed by atoms with Crippen molar-refractivity contribution in [3.63, 3.8) is 0 Å². The van der Waals surface area contributed by atoms with Gasteiger partial charge in [-0.25, -0.2) is 4.21 Å². The van der Waals surface area contributed by atoms with Crippen molar-refractivity contribution in [2.24, 2.45) is 5.73 Å². The summed E-state index contributed by atoms with van der Waals surface area (Å²) in [5.74, 6) is 0.317. The molecule has 0 saturated carbocycles. The Balaban J connectivity index is 2.47. The fraction of sp³-hybridized carbons (Fsp3) is 0.167. The van der Waals surface area contributed by atoms with Crippen molar-refractivity contribution in [3.05, 3.63) is 36.4 Å². The smallest absolute Gasteiger partial charge is 0.147 e. The molecule has 0 radical (unpaired) electrons. The zero-order valence-corrected chi connectivity index (χ0v) is 10.4. The van der Waals surface area contributed by atoms with Gasteiger partial charge in [0.2, 0.25) is 0 Å². The quantitative estimate of drug-likeness (QED) is 0.797. The van der Waals surface area contributed by atoms with E-state index < -0.39 is 11.4 Å². The molecule has 0 aliphatic carbocycles. The molecule has 1 unspecified atom stereocenters. The number of rotatable bonds is 5. The molecule has 6 heteroatoms. The van der Waals surface area contributed by atoms with Crippen LogP contribution in [0.25, 0.3) is 10.8 Å². The number of fused-ring (bicyclic) bond motifs is 1. The SMILES string of the molecule is NCCNc1cccc2c(OS(=O)[O-])cccc12. The van der Waals surface area contributed by atoms with Crippen LogP contribution < -0.4 is 15.2 Å². The molecule has 0 aliphatic heterocycles. The summed E-state index contributed by atoms with van der Waals surface area (Å²) < 4.78 is 26.0. The Kier molecular flexibility index (Phi) is 4.14. The highest BCUT2D eigenvalue weighted by atomic mass is 32.2. The lowest BCUT2D eigenvalue weighted by atomic mass is 10.1. The third-order valence-corrected chi connectivity index (χ3v) is 2.82. The second-order valence-corrected chi connectivity index (χ2v) is 4.23. The molecule has 2 aromatic rings. The molecule has 1 atom stereocenters. The predicted molar refractivity (Wildman–Crippen MR) is 71.0 cm³/mol. The van der Waals surface area contributed by atoms with Crippen LogP contribution in [0.3, 0.4) is 0 Å². The topological polar surface area (TPSA) is 87.4 Å². The van der Waals surface area contributed by atoms with E-state index in [4.69, 9.17) is 9.92 Å². The molecule has 2 aromatic carbocycles. The van der Waals surface area contributed by atoms with Crippen LogP contribution in [0.4, 0.5) is 5.69 Å². The van der Waals surface area contributed by atoms with Gasteiger partial charge in [0.05, 0.1) is 0 Å². The molecule has 0 fully saturated rings. The summed E-state index contributed by atoms with van der Waals surface area (Å²) in [5, 5.41) is 4.82. The lowest BCUT2D eigenvalue weighted by Gasteiger charge is -2.13. The summed E-state index contributed by atoms with van der Waals surface area (Å²) in [7, 11) is 0. The lowest BCUT2D eigenvalue weighted by molar-refractivity contribution is 0.442. The minimum absolute atomic E-state index is 0.317. The highest BCUT2D eigenvalue weighted by Crippen LogP contribution is 2.30. The lowest BCUT2D eigenvalue weighted by Crippen LogP contribution is -2.13. The Hall–Kier alpha value is -1.63. The molecule has 0 bridgehead atoms. The number of benzene rings is 2. The van der Waals surface area contributed by atoms with Gasteiger partial charge in [0.15, 0.2) is 0 Å². The van der Waals surface area contributed by atoms with E-state index in [1.165, 1.54) is 0 Å². The maximum Gasteiger partial charge on any atom is 0.147 e. The zero-order chi connectivity index (χ0) is 13.0. The summed E-state index contributed by atoms with van der Waals surface area (Å²) in [6.45, 7) is 1.18. The van der Waals surface area contributed by atoms with Gasteiger partial charge in [-0.3, -0.25) is 0 Å². The van der Waals surface area contributed by atoms with Crippen molar-refractivity contribution < 1.29 is 12.9 Å². The van der Waals surface area contributed by atoms with E-state index in [1.54, 1.807) is 12.1 Å². The van der Waals surface area contributed by atoms with Gasteiger partial charge in [0.1, 0.15) is 17.1 Å². The summed E-state index contributed by atoms with van der Waals surface area (Å²) in [6, 6.07) is 10.8. The summed E-state index contributed by atoms with van der Waals surface area (Å²) >= 11 is -2.57. The molecule has 0 spiro atoms. The number of anilines is 1. The monoisotopic (exact) mass is 265 g/mol. The molecule has 0 aliphatic rings. The first kappa shape index (κ1) is 12.8. The van der Waals surface area contributed by atoms with Crippen LogP contribution in [0, 0.1) is 0 Å². The van der Waals surface area contributed by atoms with Crippen LogP contribution in [0.5, 0.6) is 5.75 Å². The Morgan fingerprint density at radius 3 is 2.67 bits per heavy atom. The van der Waals surface area contributed by atoms with Crippen LogP contribution in [0.1, 0.15) is 0 Å². The standard InChI is InChI=1S/C12H14N2O3S/c13-7-8-14-11-5-1-4-10-9(11)3-2-6-12(10)17-18(15)16/h1-6,14H,7-8,13H2,(H,15,16)/p-1. The molecule has 0 amide bonds. The Morgan fingerprint density at radius 2 is 1.94 bits per heavy atom. The molecule has 5 nitrogen and oxygen atoms in total. The largest absolute Gasteiger partial charge is 0.740 e. The van der Waals surface area contributed by atoms with Crippen LogP contribution in [0.2, 0.25) is 0 Å². The van der Waals surface area contributed by atoms with E-state index in [0.717, 1.165) is 16.5 Å². The van der Waals surface area contributed by atoms with E-state index >= 15 is 0 Å². The molecule has 0 aromatic heterocycles. The van der Waals surface area contributed by atoms with E-state index in [-0.39, 0.29) is 0 Å². The first-order chi connectivity index (χ1) is 8.72. The minimum atomic E-state index is -2.57. The number of nitrogens with two attached hydrogens (primary N) is 1. The molecule has 18 heavy (non-hydrogen) atoms. The summed E-state index contributed by atoms with van der Waals surface area (Å²) in [5.41, 5.74) is 6.35. The van der Waals surface area contributed by atoms with Crippen LogP contribution in [-0.2, 0) is 11.4 Å². The fourth-order valence-electron chi connectivity index (χ4n) is 1.79. The molecular weight excluding hydrogens is 252 g/mol. The van der Waals surface area contributed by atoms with Crippen molar-refractivity contribution in [2.45, 2.75) is 0 Å². The number of hydrogen-bond acceptors (Lipinski definition) is 5. The highest BCUT2D eigenvalue weighted by Gasteiger charge is 2.05. The van der Waals surface area contributed by atoms with Crippen molar-refractivity contribution >= 4 is 27.8 Å². The third-order valence-electron chi connectivity index (χ3n) is 2.50. The van der Waals surface area contributed by atoms with Crippen molar-refractivity contribution in [2.75, 3.05) is 18.4 Å². The Bertz CT molecular complexity index is 574. The normalized spacial score (nSPS) is 12.3. The second-order valence-electron chi connectivity index (χ2n) is 3.66. The van der Waals surface area contributed by atoms with Crippen molar-refractivity contribution in [1.82, 2.24) is 0 Å². The van der Waals surface area contributed by atoms with Gasteiger partial charge in [-0.1, -0.05) is 24.3 Å². The van der Waals surface area contributed by atoms with Gasteiger partial charge in [-0.15, -0.1) is 0 Å². The van der Waals surface area contributed by atoms with E-state index in [1.807, 2.05) is 24.3 Å². The highest BCUT2D eigenvalue weighted by molar-refractivity contribution is 7.74. The van der Waals surface area contributed by atoms with Gasteiger partial charge in [0.25, 0.3) is 0 Å². The van der Waals surface area contributed by atoms with Crippen molar-refractivity contribution in [3.8, 4) is 5.75 Å². The second kappa shape index (κ2) is 5.81. The molecule has 2 rings (SSSR count). The summed E-state index contributed by atoms with van der Waals surface area (Å²) in [4.78, 5) is 0. The van der Waals surface area contributed by atoms with E-state index in [9.17, 15) is 8.76 Å². The molecule has 3 N–H and O–H groups in total. The predicted octanol–water partition coefficient (Wildman–Crippen LogP) is 1.38. The first-order valence-corrected chi connectivity index (χ1v) is 6.45. The maximum absolute atomic E-state index is 10.6. The zero-order valence-electron chi connectivity index (χ0n) is 9.59. The molecule has 96 valence electrons. The van der Waals surface area contributed by atoms with Gasteiger partial charge in [-0.05, 0) is 12.1 Å². The average Bonchev–Trinajstić information content (AvgIpc) is 2.36. The van der Waals surface area contributed by atoms with Gasteiger partial charge >= 0.3 is 0 Å². The third kappa shape index (κ3) is 2.79. The molecule has 0 heterocycles. The number of hydrogen-bond donors (Lipinski definition) is 2. The maximum atomic E-state index is 10.6. The Morgan fingerprint density at radius 1 is 1.22 bits per heavy atom. The molecular formula is C12H13N2O3S-. The van der Waals surface area contributed by atoms with Crippen LogP contribution in [-0.4, -0.2) is 21.9 Å². The average molecular weight is 265 g/mol. The Labute approximate surface area is 107 Å². The van der Waals surface area contributed by atoms with Crippen LogP contribution >= 0.6 is 0 Å². The van der Waals surface area contributed by atoms with Gasteiger partial charge in [-0.2, -0.15) is 0 Å². The van der Waals surface area contributed by atoms with E-state index in [0.29, 0.717) is 18.8 Å². The van der Waals surface area contributed by atoms with Gasteiger partial charge in [0, 0.05) is 29.5 Å². The first-order valence-electron chi connectivity index (χ1n) is 5.45. The van der Waals surface area contributed by atoms with Crippen molar-refractivity contribution in [1.29, 1.82) is 0 Å². The number of nitrogens with one attached hydrogen (secondary N) is 1. The fourth-order valence-corrected chi connectivity index (χ4v) is 2.08. The minimum Gasteiger partial charge on any atom is -0.740 e. The van der Waals surface area contributed by atoms with Crippen LogP contribution in [0.15, 0.2) is 36.4 Å². The summed E-state index contributed by atoms with van der Waals surface area (Å²) in [6.07, 6.45) is 0.